The van der Waals surface area contributed by atoms with Crippen LogP contribution in [0.25, 0.3) is 5.57 Å². The molecule has 1 N–H and O–H groups in total. The van der Waals surface area contributed by atoms with Gasteiger partial charge in [0.15, 0.2) is 5.78 Å². The van der Waals surface area contributed by atoms with E-state index >= 15 is 0 Å². The molecule has 0 atom stereocenters. The van der Waals surface area contributed by atoms with Crippen LogP contribution in [0, 0.1) is 0 Å². The van der Waals surface area contributed by atoms with Gasteiger partial charge in [-0.25, -0.2) is 4.98 Å². The summed E-state index contributed by atoms with van der Waals surface area (Å²) in [6, 6.07) is 1.72. The summed E-state index contributed by atoms with van der Waals surface area (Å²) in [6.45, 7) is 5.36. The summed E-state index contributed by atoms with van der Waals surface area (Å²) in [5, 5.41) is 3.35. The normalized spacial score (nSPS) is 11.4. The topological polar surface area (TPSA) is 42.0 Å². The number of ketones is 1. The molecule has 0 saturated carbocycles. The monoisotopic (exact) mass is 238 g/mol. The van der Waals surface area contributed by atoms with Crippen LogP contribution in [0.5, 0.6) is 0 Å². The van der Waals surface area contributed by atoms with Gasteiger partial charge in [0, 0.05) is 25.2 Å². The molecule has 4 heteroatoms. The Labute approximate surface area is 101 Å². The van der Waals surface area contributed by atoms with E-state index in [9.17, 15) is 4.79 Å². The Bertz CT molecular complexity index is 453. The Morgan fingerprint density at radius 3 is 2.56 bits per heavy atom. The first-order valence-electron chi connectivity index (χ1n) is 5.03. The van der Waals surface area contributed by atoms with Crippen LogP contribution in [0.3, 0.4) is 0 Å². The number of Topliss-reactive ketones (excluding diaryl/α,β-unsaturated/α-hetero) is 1. The minimum Gasteiger partial charge on any atom is -0.387 e. The number of rotatable bonds is 3. The van der Waals surface area contributed by atoms with E-state index in [1.807, 2.05) is 19.9 Å². The van der Waals surface area contributed by atoms with Crippen molar-refractivity contribution in [3.05, 3.63) is 28.6 Å². The molecule has 0 bridgehead atoms. The average molecular weight is 239 g/mol. The number of pyridine rings is 1. The number of nitrogens with one attached hydrogen (secondary N) is 1. The Kier molecular flexibility index (Phi) is 4.07. The van der Waals surface area contributed by atoms with Crippen LogP contribution in [0.1, 0.15) is 36.8 Å². The first kappa shape index (κ1) is 12.7. The van der Waals surface area contributed by atoms with Gasteiger partial charge in [0.2, 0.25) is 0 Å². The maximum atomic E-state index is 11.5. The van der Waals surface area contributed by atoms with Crippen LogP contribution in [-0.2, 0) is 0 Å². The van der Waals surface area contributed by atoms with E-state index in [4.69, 9.17) is 11.6 Å². The van der Waals surface area contributed by atoms with Crippen molar-refractivity contribution >= 4 is 28.6 Å². The molecule has 0 saturated heterocycles. The maximum Gasteiger partial charge on any atom is 0.178 e. The van der Waals surface area contributed by atoms with Gasteiger partial charge in [-0.1, -0.05) is 17.7 Å². The Hall–Kier alpha value is -1.35. The first-order valence-corrected chi connectivity index (χ1v) is 5.41. The summed E-state index contributed by atoms with van der Waals surface area (Å²) in [7, 11) is 1.79. The number of anilines is 1. The molecule has 0 spiro atoms. The van der Waals surface area contributed by atoms with Gasteiger partial charge in [-0.15, -0.1) is 0 Å². The van der Waals surface area contributed by atoms with Crippen molar-refractivity contribution in [3.63, 3.8) is 0 Å². The Morgan fingerprint density at radius 1 is 1.50 bits per heavy atom. The fourth-order valence-corrected chi connectivity index (χ4v) is 1.70. The van der Waals surface area contributed by atoms with Crippen LogP contribution < -0.4 is 5.32 Å². The highest BCUT2D eigenvalue weighted by Gasteiger charge is 2.15. The van der Waals surface area contributed by atoms with E-state index in [2.05, 4.69) is 10.3 Å². The second-order valence-corrected chi connectivity index (χ2v) is 3.88. The van der Waals surface area contributed by atoms with Crippen molar-refractivity contribution in [3.8, 4) is 0 Å². The molecule has 1 rings (SSSR count). The molecule has 16 heavy (non-hydrogen) atoms. The minimum atomic E-state index is -0.0878. The highest BCUT2D eigenvalue weighted by molar-refractivity contribution is 6.30. The van der Waals surface area contributed by atoms with Crippen molar-refractivity contribution in [1.82, 2.24) is 4.98 Å². The second kappa shape index (κ2) is 5.12. The highest BCUT2D eigenvalue weighted by atomic mass is 35.5. The molecule has 0 aliphatic carbocycles. The van der Waals surface area contributed by atoms with Crippen LogP contribution in [0.2, 0.25) is 5.15 Å². The van der Waals surface area contributed by atoms with E-state index in [0.29, 0.717) is 10.8 Å². The molecule has 0 aliphatic heterocycles. The molecule has 1 aromatic heterocycles. The maximum absolute atomic E-state index is 11.5. The van der Waals surface area contributed by atoms with Crippen LogP contribution >= 0.6 is 11.6 Å². The third-order valence-corrected chi connectivity index (χ3v) is 2.61. The number of nitrogens with zero attached hydrogens (tertiary/aromatic N) is 1. The molecule has 0 aliphatic rings. The minimum absolute atomic E-state index is 0.0878. The van der Waals surface area contributed by atoms with E-state index in [-0.39, 0.29) is 5.78 Å². The lowest BCUT2D eigenvalue weighted by atomic mass is 10.0. The molecular weight excluding hydrogens is 224 g/mol. The Balaban J connectivity index is 3.58. The summed E-state index contributed by atoms with van der Waals surface area (Å²) >= 11 is 5.87. The zero-order chi connectivity index (χ0) is 12.3. The number of allylic oxidation sites excluding steroid dienone is 2. The number of carbonyl (C=O) groups is 1. The van der Waals surface area contributed by atoms with Crippen molar-refractivity contribution in [2.45, 2.75) is 20.8 Å². The number of hydrogen-bond acceptors (Lipinski definition) is 3. The highest BCUT2D eigenvalue weighted by Crippen LogP contribution is 2.29. The zero-order valence-corrected chi connectivity index (χ0v) is 10.6. The molecule has 0 unspecified atom stereocenters. The lowest BCUT2D eigenvalue weighted by Crippen LogP contribution is -2.06. The van der Waals surface area contributed by atoms with Crippen LogP contribution in [-0.4, -0.2) is 17.8 Å². The predicted molar refractivity (Wildman–Crippen MR) is 68.1 cm³/mol. The van der Waals surface area contributed by atoms with Gasteiger partial charge in [0.25, 0.3) is 0 Å². The van der Waals surface area contributed by atoms with Crippen molar-refractivity contribution in [2.75, 3.05) is 12.4 Å². The second-order valence-electron chi connectivity index (χ2n) is 3.49. The number of aromatic nitrogens is 1. The number of carbonyl (C=O) groups excluding carboxylic acids is 1. The summed E-state index contributed by atoms with van der Waals surface area (Å²) in [4.78, 5) is 15.6. The lowest BCUT2D eigenvalue weighted by molar-refractivity contribution is 0.101. The average Bonchev–Trinajstić information content (AvgIpc) is 2.26. The van der Waals surface area contributed by atoms with Gasteiger partial charge in [-0.05, 0) is 25.5 Å². The van der Waals surface area contributed by atoms with Crippen LogP contribution in [0.4, 0.5) is 5.69 Å². The summed E-state index contributed by atoms with van der Waals surface area (Å²) in [5.41, 5.74) is 3.05. The van der Waals surface area contributed by atoms with Gasteiger partial charge < -0.3 is 5.32 Å². The van der Waals surface area contributed by atoms with Gasteiger partial charge in [-0.3, -0.25) is 4.79 Å². The number of halogens is 1. The zero-order valence-electron chi connectivity index (χ0n) is 9.89. The molecule has 86 valence electrons. The van der Waals surface area contributed by atoms with Gasteiger partial charge >= 0.3 is 0 Å². The standard InChI is InChI=1S/C12H15ClN2O/c1-5-7(2)11-9(14-4)6-10(13)15-12(11)8(3)16/h5-6H,1-4H3,(H,14,15)/b7-5-. The SMILES string of the molecule is C/C=C(/C)c1c(NC)cc(Cl)nc1C(C)=O. The molecular formula is C12H15ClN2O. The third kappa shape index (κ3) is 2.42. The lowest BCUT2D eigenvalue weighted by Gasteiger charge is -2.13. The summed E-state index contributed by atoms with van der Waals surface area (Å²) in [6.07, 6.45) is 1.94. The van der Waals surface area contributed by atoms with Crippen molar-refractivity contribution < 1.29 is 4.79 Å². The van der Waals surface area contributed by atoms with E-state index < -0.39 is 0 Å². The number of hydrogen-bond donors (Lipinski definition) is 1. The molecule has 3 nitrogen and oxygen atoms in total. The fraction of sp³-hybridized carbons (Fsp3) is 0.333. The molecule has 0 radical (unpaired) electrons. The third-order valence-electron chi connectivity index (χ3n) is 2.42. The van der Waals surface area contributed by atoms with E-state index in [0.717, 1.165) is 16.8 Å². The van der Waals surface area contributed by atoms with Gasteiger partial charge in [0.05, 0.1) is 0 Å². The summed E-state index contributed by atoms with van der Waals surface area (Å²) in [5.74, 6) is -0.0878. The first-order chi connectivity index (χ1) is 7.51. The molecule has 1 aromatic rings. The molecule has 0 fully saturated rings. The van der Waals surface area contributed by atoms with Gasteiger partial charge in [-0.2, -0.15) is 0 Å². The molecule has 0 aromatic carbocycles. The van der Waals surface area contributed by atoms with E-state index in [1.54, 1.807) is 13.1 Å². The smallest absolute Gasteiger partial charge is 0.178 e. The van der Waals surface area contributed by atoms with Crippen molar-refractivity contribution in [2.24, 2.45) is 0 Å². The van der Waals surface area contributed by atoms with E-state index in [1.165, 1.54) is 6.92 Å². The molecule has 0 amide bonds. The fourth-order valence-electron chi connectivity index (χ4n) is 1.51. The molecule has 1 heterocycles. The van der Waals surface area contributed by atoms with Crippen molar-refractivity contribution in [1.29, 1.82) is 0 Å². The van der Waals surface area contributed by atoms with Gasteiger partial charge in [0.1, 0.15) is 10.8 Å². The predicted octanol–water partition coefficient (Wildman–Crippen LogP) is 3.40. The van der Waals surface area contributed by atoms with Crippen LogP contribution in [0.15, 0.2) is 12.1 Å². The summed E-state index contributed by atoms with van der Waals surface area (Å²) < 4.78 is 0. The Morgan fingerprint density at radius 2 is 2.12 bits per heavy atom. The largest absolute Gasteiger partial charge is 0.387 e. The quantitative estimate of drug-likeness (QED) is 0.648.